The first-order valence-electron chi connectivity index (χ1n) is 6.94. The molecular formula is C16H14FN3O3. The Morgan fingerprint density at radius 1 is 1.35 bits per heavy atom. The Kier molecular flexibility index (Phi) is 4.20. The topological polar surface area (TPSA) is 91.2 Å². The Morgan fingerprint density at radius 2 is 2.13 bits per heavy atom. The number of furan rings is 1. The molecule has 3 N–H and O–H groups in total. The van der Waals surface area contributed by atoms with Crippen LogP contribution in [0, 0.1) is 5.82 Å². The van der Waals surface area contributed by atoms with Gasteiger partial charge in [-0.2, -0.15) is 5.10 Å². The van der Waals surface area contributed by atoms with Crippen LogP contribution < -0.4 is 5.32 Å². The first-order chi connectivity index (χ1) is 11.1. The van der Waals surface area contributed by atoms with Crippen LogP contribution in [0.1, 0.15) is 22.2 Å². The van der Waals surface area contributed by atoms with Crippen molar-refractivity contribution in [1.82, 2.24) is 15.5 Å². The van der Waals surface area contributed by atoms with Crippen molar-refractivity contribution < 1.29 is 18.7 Å². The molecule has 0 bridgehead atoms. The number of aliphatic hydroxyl groups is 1. The van der Waals surface area contributed by atoms with Gasteiger partial charge in [-0.15, -0.1) is 0 Å². The first-order valence-corrected chi connectivity index (χ1v) is 6.94. The quantitative estimate of drug-likeness (QED) is 0.673. The predicted molar refractivity (Wildman–Crippen MR) is 80.0 cm³/mol. The lowest BCUT2D eigenvalue weighted by Crippen LogP contribution is -2.28. The number of benzene rings is 1. The molecule has 0 aliphatic heterocycles. The number of hydrogen-bond acceptors (Lipinski definition) is 4. The molecule has 3 rings (SSSR count). The monoisotopic (exact) mass is 315 g/mol. The number of aromatic nitrogens is 2. The van der Waals surface area contributed by atoms with Gasteiger partial charge in [-0.1, -0.05) is 0 Å². The van der Waals surface area contributed by atoms with Crippen LogP contribution in [0.4, 0.5) is 4.39 Å². The second-order valence-electron chi connectivity index (χ2n) is 4.91. The zero-order chi connectivity index (χ0) is 16.2. The van der Waals surface area contributed by atoms with Crippen LogP contribution in [0.3, 0.4) is 0 Å². The highest BCUT2D eigenvalue weighted by Crippen LogP contribution is 2.21. The van der Waals surface area contributed by atoms with Gasteiger partial charge in [0.05, 0.1) is 30.3 Å². The van der Waals surface area contributed by atoms with E-state index in [4.69, 9.17) is 4.42 Å². The zero-order valence-electron chi connectivity index (χ0n) is 12.0. The van der Waals surface area contributed by atoms with Crippen LogP contribution in [0.2, 0.25) is 0 Å². The van der Waals surface area contributed by atoms with Gasteiger partial charge in [0, 0.05) is 5.56 Å². The van der Waals surface area contributed by atoms with Crippen LogP contribution >= 0.6 is 0 Å². The van der Waals surface area contributed by atoms with E-state index in [0.29, 0.717) is 22.6 Å². The van der Waals surface area contributed by atoms with Gasteiger partial charge in [0.15, 0.2) is 0 Å². The summed E-state index contributed by atoms with van der Waals surface area (Å²) in [7, 11) is 0. The van der Waals surface area contributed by atoms with Gasteiger partial charge in [0.1, 0.15) is 17.7 Å². The van der Waals surface area contributed by atoms with Crippen molar-refractivity contribution in [2.45, 2.75) is 6.10 Å². The third-order valence-corrected chi connectivity index (χ3v) is 3.34. The van der Waals surface area contributed by atoms with Gasteiger partial charge in [-0.25, -0.2) is 4.39 Å². The molecule has 0 saturated heterocycles. The number of hydrogen-bond donors (Lipinski definition) is 3. The minimum Gasteiger partial charge on any atom is -0.467 e. The van der Waals surface area contributed by atoms with E-state index in [2.05, 4.69) is 15.5 Å². The average molecular weight is 315 g/mol. The van der Waals surface area contributed by atoms with Crippen molar-refractivity contribution in [1.29, 1.82) is 0 Å². The molecule has 0 saturated carbocycles. The number of nitrogens with zero attached hydrogens (tertiary/aromatic N) is 1. The van der Waals surface area contributed by atoms with E-state index in [1.165, 1.54) is 24.6 Å². The number of H-pyrrole nitrogens is 1. The lowest BCUT2D eigenvalue weighted by Gasteiger charge is -2.09. The van der Waals surface area contributed by atoms with Crippen LogP contribution in [0.5, 0.6) is 0 Å². The molecule has 0 fully saturated rings. The normalized spacial score (nSPS) is 12.1. The number of rotatable bonds is 5. The molecule has 0 aliphatic rings. The maximum absolute atomic E-state index is 13.0. The van der Waals surface area contributed by atoms with E-state index >= 15 is 0 Å². The molecular weight excluding hydrogens is 301 g/mol. The van der Waals surface area contributed by atoms with E-state index in [9.17, 15) is 14.3 Å². The molecule has 1 aromatic carbocycles. The Labute approximate surface area is 131 Å². The van der Waals surface area contributed by atoms with Crippen molar-refractivity contribution in [3.63, 3.8) is 0 Å². The highest BCUT2D eigenvalue weighted by Gasteiger charge is 2.17. The van der Waals surface area contributed by atoms with Crippen molar-refractivity contribution in [3.05, 3.63) is 66.0 Å². The number of amides is 1. The van der Waals surface area contributed by atoms with Gasteiger partial charge >= 0.3 is 0 Å². The molecule has 23 heavy (non-hydrogen) atoms. The van der Waals surface area contributed by atoms with Gasteiger partial charge in [0.25, 0.3) is 5.91 Å². The first kappa shape index (κ1) is 15.0. The molecule has 1 unspecified atom stereocenters. The molecule has 0 aliphatic carbocycles. The van der Waals surface area contributed by atoms with Gasteiger partial charge in [-0.3, -0.25) is 9.89 Å². The maximum atomic E-state index is 13.0. The highest BCUT2D eigenvalue weighted by molar-refractivity contribution is 5.99. The fourth-order valence-corrected chi connectivity index (χ4v) is 2.16. The summed E-state index contributed by atoms with van der Waals surface area (Å²) in [6.45, 7) is 0.000381. The Bertz CT molecular complexity index is 781. The lowest BCUT2D eigenvalue weighted by atomic mass is 10.1. The van der Waals surface area contributed by atoms with E-state index in [1.807, 2.05) is 0 Å². The third-order valence-electron chi connectivity index (χ3n) is 3.34. The van der Waals surface area contributed by atoms with Gasteiger partial charge in [0.2, 0.25) is 0 Å². The Hall–Kier alpha value is -2.93. The summed E-state index contributed by atoms with van der Waals surface area (Å²) in [5.41, 5.74) is 1.43. The zero-order valence-corrected chi connectivity index (χ0v) is 12.0. The SMILES string of the molecule is O=C(NCC(O)c1ccco1)c1cn[nH]c1-c1ccc(F)cc1. The molecule has 1 amide bonds. The smallest absolute Gasteiger partial charge is 0.255 e. The number of carbonyl (C=O) groups excluding carboxylic acids is 1. The molecule has 2 aromatic heterocycles. The second-order valence-corrected chi connectivity index (χ2v) is 4.91. The van der Waals surface area contributed by atoms with Crippen molar-refractivity contribution >= 4 is 5.91 Å². The van der Waals surface area contributed by atoms with Gasteiger partial charge < -0.3 is 14.8 Å². The number of halogens is 1. The number of nitrogens with one attached hydrogen (secondary N) is 2. The van der Waals surface area contributed by atoms with Gasteiger partial charge in [-0.05, 0) is 36.4 Å². The molecule has 0 spiro atoms. The maximum Gasteiger partial charge on any atom is 0.255 e. The molecule has 118 valence electrons. The summed E-state index contributed by atoms with van der Waals surface area (Å²) in [4.78, 5) is 12.3. The summed E-state index contributed by atoms with van der Waals surface area (Å²) in [6, 6.07) is 8.99. The molecule has 7 heteroatoms. The summed E-state index contributed by atoms with van der Waals surface area (Å²) in [5.74, 6) is -0.388. The highest BCUT2D eigenvalue weighted by atomic mass is 19.1. The van der Waals surface area contributed by atoms with Crippen LogP contribution in [0.15, 0.2) is 53.3 Å². The lowest BCUT2D eigenvalue weighted by molar-refractivity contribution is 0.0902. The van der Waals surface area contributed by atoms with Crippen molar-refractivity contribution in [3.8, 4) is 11.3 Å². The Balaban J connectivity index is 1.71. The number of aromatic amines is 1. The molecule has 3 aromatic rings. The van der Waals surface area contributed by atoms with Crippen LogP contribution in [0.25, 0.3) is 11.3 Å². The summed E-state index contributed by atoms with van der Waals surface area (Å²) in [6.07, 6.45) is 1.89. The second kappa shape index (κ2) is 6.45. The van der Waals surface area contributed by atoms with Crippen molar-refractivity contribution in [2.75, 3.05) is 6.54 Å². The molecule has 2 heterocycles. The van der Waals surface area contributed by atoms with Crippen LogP contribution in [-0.2, 0) is 0 Å². The summed E-state index contributed by atoms with van der Waals surface area (Å²) < 4.78 is 18.1. The summed E-state index contributed by atoms with van der Waals surface area (Å²) in [5, 5.41) is 19.1. The van der Waals surface area contributed by atoms with Crippen LogP contribution in [-0.4, -0.2) is 27.8 Å². The van der Waals surface area contributed by atoms with Crippen molar-refractivity contribution in [2.24, 2.45) is 0 Å². The van der Waals surface area contributed by atoms with E-state index in [-0.39, 0.29) is 12.4 Å². The average Bonchev–Trinajstić information content (AvgIpc) is 3.24. The molecule has 0 radical (unpaired) electrons. The minimum atomic E-state index is -0.935. The predicted octanol–water partition coefficient (Wildman–Crippen LogP) is 2.27. The molecule has 6 nitrogen and oxygen atoms in total. The van der Waals surface area contributed by atoms with E-state index in [0.717, 1.165) is 0 Å². The minimum absolute atomic E-state index is 0.000381. The third kappa shape index (κ3) is 3.29. The largest absolute Gasteiger partial charge is 0.467 e. The fourth-order valence-electron chi connectivity index (χ4n) is 2.16. The number of carbonyl (C=O) groups is 1. The molecule has 1 atom stereocenters. The summed E-state index contributed by atoms with van der Waals surface area (Å²) >= 11 is 0. The Morgan fingerprint density at radius 3 is 2.83 bits per heavy atom. The van der Waals surface area contributed by atoms with E-state index < -0.39 is 12.0 Å². The van der Waals surface area contributed by atoms with E-state index in [1.54, 1.807) is 24.3 Å². The standard InChI is InChI=1S/C16H14FN3O3/c17-11-5-3-10(4-6-11)15-12(8-19-20-15)16(22)18-9-13(21)14-2-1-7-23-14/h1-8,13,21H,9H2,(H,18,22)(H,19,20). The fraction of sp³-hybridized carbons (Fsp3) is 0.125. The number of aliphatic hydroxyl groups excluding tert-OH is 1.